The second-order valence-electron chi connectivity index (χ2n) is 11.7. The van der Waals surface area contributed by atoms with Crippen LogP contribution < -0.4 is 10.2 Å². The number of anilines is 1. The molecule has 2 N–H and O–H groups in total. The quantitative estimate of drug-likeness (QED) is 0.206. The zero-order chi connectivity index (χ0) is 32.8. The number of rotatable bonds is 9. The van der Waals surface area contributed by atoms with E-state index in [-0.39, 0.29) is 25.4 Å². The number of amides is 1. The van der Waals surface area contributed by atoms with Crippen LogP contribution in [0.4, 0.5) is 5.95 Å². The minimum atomic E-state index is -2.01. The third kappa shape index (κ3) is 8.80. The molecule has 0 saturated carbocycles. The van der Waals surface area contributed by atoms with Gasteiger partial charge in [0.25, 0.3) is 9.70 Å². The van der Waals surface area contributed by atoms with Crippen molar-refractivity contribution < 1.29 is 19.4 Å². The molecule has 3 unspecified atom stereocenters. The molecule has 246 valence electrons. The molecule has 3 atom stereocenters. The summed E-state index contributed by atoms with van der Waals surface area (Å²) in [5, 5.41) is 12.2. The topological polar surface area (TPSA) is 100 Å². The first kappa shape index (κ1) is 33.6. The molecule has 4 aromatic rings. The number of hydrogen-bond donors (Lipinski definition) is 2. The van der Waals surface area contributed by atoms with Crippen LogP contribution in [0.25, 0.3) is 11.1 Å². The lowest BCUT2D eigenvalue weighted by molar-refractivity contribution is -0.253. The number of aliphatic hydroxyl groups excluding tert-OH is 1. The number of carbonyl (C=O) groups is 1. The highest BCUT2D eigenvalue weighted by atomic mass is 35.6. The molecule has 0 spiro atoms. The zero-order valence-corrected chi connectivity index (χ0v) is 27.9. The van der Waals surface area contributed by atoms with Gasteiger partial charge in [0.05, 0.1) is 18.8 Å². The van der Waals surface area contributed by atoms with Crippen molar-refractivity contribution in [2.75, 3.05) is 37.6 Å². The van der Waals surface area contributed by atoms with Gasteiger partial charge in [0.15, 0.2) is 6.29 Å². The van der Waals surface area contributed by atoms with Gasteiger partial charge in [-0.05, 0) is 39.9 Å². The minimum Gasteiger partial charge on any atom is -0.392 e. The highest BCUT2D eigenvalue weighted by Crippen LogP contribution is 2.39. The Morgan fingerprint density at radius 2 is 1.55 bits per heavy atom. The minimum absolute atomic E-state index is 0.000977. The highest BCUT2D eigenvalue weighted by Gasteiger charge is 2.34. The van der Waals surface area contributed by atoms with Crippen LogP contribution in [0.1, 0.15) is 41.1 Å². The Labute approximate surface area is 289 Å². The Balaban J connectivity index is 1.14. The second kappa shape index (κ2) is 15.3. The smallest absolute Gasteiger partial charge is 0.272 e. The van der Waals surface area contributed by atoms with E-state index in [1.54, 1.807) is 12.4 Å². The van der Waals surface area contributed by atoms with E-state index in [1.807, 2.05) is 78.9 Å². The van der Waals surface area contributed by atoms with Gasteiger partial charge in [-0.25, -0.2) is 9.97 Å². The normalized spacial score (nSPS) is 20.6. The molecular weight excluding hydrogens is 661 g/mol. The van der Waals surface area contributed by atoms with Gasteiger partial charge in [-0.2, -0.15) is 0 Å². The van der Waals surface area contributed by atoms with Crippen LogP contribution in [0.3, 0.4) is 0 Å². The van der Waals surface area contributed by atoms with Crippen molar-refractivity contribution in [3.63, 3.8) is 0 Å². The summed E-state index contributed by atoms with van der Waals surface area (Å²) in [6, 6.07) is 25.7. The Hall–Kier alpha value is -3.28. The molecule has 2 aliphatic rings. The number of piperazine rings is 1. The molecule has 0 radical (unpaired) electrons. The van der Waals surface area contributed by atoms with E-state index in [9.17, 15) is 9.90 Å². The van der Waals surface area contributed by atoms with E-state index in [2.05, 4.69) is 25.1 Å². The molecule has 1 amide bonds. The lowest BCUT2D eigenvalue weighted by Gasteiger charge is -2.40. The Kier molecular flexibility index (Phi) is 10.9. The van der Waals surface area contributed by atoms with Crippen LogP contribution in [-0.4, -0.2) is 68.5 Å². The third-order valence-corrected chi connectivity index (χ3v) is 8.95. The van der Waals surface area contributed by atoms with Crippen LogP contribution in [-0.2, 0) is 27.4 Å². The molecule has 0 aliphatic carbocycles. The van der Waals surface area contributed by atoms with E-state index >= 15 is 0 Å². The Bertz CT molecular complexity index is 1620. The van der Waals surface area contributed by atoms with Crippen molar-refractivity contribution in [2.45, 2.75) is 41.9 Å². The fourth-order valence-electron chi connectivity index (χ4n) is 5.88. The van der Waals surface area contributed by atoms with Gasteiger partial charge in [-0.3, -0.25) is 9.69 Å². The number of nitrogens with one attached hydrogen (secondary N) is 1. The van der Waals surface area contributed by atoms with E-state index in [4.69, 9.17) is 44.3 Å². The van der Waals surface area contributed by atoms with Gasteiger partial charge in [0.2, 0.25) is 5.95 Å². The van der Waals surface area contributed by atoms with Crippen LogP contribution in [0.15, 0.2) is 91.3 Å². The monoisotopic (exact) mass is 695 g/mol. The number of aromatic nitrogens is 2. The predicted octanol–water partition coefficient (Wildman–Crippen LogP) is 5.99. The fourth-order valence-corrected chi connectivity index (χ4v) is 6.08. The summed E-state index contributed by atoms with van der Waals surface area (Å²) in [4.78, 5) is 25.4. The lowest BCUT2D eigenvalue weighted by atomic mass is 9.98. The number of carbonyl (C=O) groups excluding carboxylic acids is 1. The summed E-state index contributed by atoms with van der Waals surface area (Å²) in [5.41, 5.74) is 5.72. The van der Waals surface area contributed by atoms with Crippen molar-refractivity contribution in [3.05, 3.63) is 114 Å². The first-order chi connectivity index (χ1) is 22.7. The molecule has 3 heterocycles. The van der Waals surface area contributed by atoms with Crippen LogP contribution in [0.5, 0.6) is 0 Å². The number of benzene rings is 3. The molecule has 3 aromatic carbocycles. The average Bonchev–Trinajstić information content (AvgIpc) is 3.11. The van der Waals surface area contributed by atoms with E-state index in [0.29, 0.717) is 0 Å². The Morgan fingerprint density at radius 1 is 0.851 bits per heavy atom. The average molecular weight is 697 g/mol. The van der Waals surface area contributed by atoms with E-state index < -0.39 is 16.0 Å². The summed E-state index contributed by atoms with van der Waals surface area (Å²) in [6.07, 6.45) is 3.52. The first-order valence-corrected chi connectivity index (χ1v) is 16.7. The zero-order valence-electron chi connectivity index (χ0n) is 25.6. The fraction of sp³-hybridized carbons (Fsp3) is 0.343. The van der Waals surface area contributed by atoms with Gasteiger partial charge in [-0.1, -0.05) is 102 Å². The standard InChI is InChI=1S/C35H36Cl3N5O4/c36-35(37,38)33(45)41-21-25-3-1-4-29(19-25)26-9-11-28(12-10-26)32-46-30(20-31(47-32)27-7-5-24(23-44)6-8-27)22-42-15-17-43(18-16-42)34-39-13-2-14-40-34/h1-14,19,30-32,44H,15-18,20-23H2,(H,41,45). The van der Waals surface area contributed by atoms with Crippen molar-refractivity contribution in [1.82, 2.24) is 20.2 Å². The maximum Gasteiger partial charge on any atom is 0.272 e. The number of halogens is 3. The van der Waals surface area contributed by atoms with Crippen molar-refractivity contribution >= 4 is 46.7 Å². The SMILES string of the molecule is O=C(NCc1cccc(-c2ccc(C3OC(CN4CCN(c5ncccn5)CC4)CC(c4ccc(CO)cc4)O3)cc2)c1)C(Cl)(Cl)Cl. The number of aliphatic hydroxyl groups is 1. The van der Waals surface area contributed by atoms with Crippen LogP contribution >= 0.6 is 34.8 Å². The van der Waals surface area contributed by atoms with Crippen LogP contribution in [0.2, 0.25) is 0 Å². The molecule has 9 nitrogen and oxygen atoms in total. The second-order valence-corrected chi connectivity index (χ2v) is 14.0. The predicted molar refractivity (Wildman–Crippen MR) is 183 cm³/mol. The number of nitrogens with zero attached hydrogens (tertiary/aromatic N) is 4. The number of alkyl halides is 3. The number of hydrogen-bond acceptors (Lipinski definition) is 8. The molecule has 2 aliphatic heterocycles. The molecule has 0 bridgehead atoms. The first-order valence-electron chi connectivity index (χ1n) is 15.5. The van der Waals surface area contributed by atoms with E-state index in [1.165, 1.54) is 0 Å². The molecule has 2 saturated heterocycles. The van der Waals surface area contributed by atoms with Crippen LogP contribution in [0, 0.1) is 0 Å². The summed E-state index contributed by atoms with van der Waals surface area (Å²) in [5.74, 6) is 0.0950. The van der Waals surface area contributed by atoms with Gasteiger partial charge >= 0.3 is 0 Å². The van der Waals surface area contributed by atoms with E-state index in [0.717, 1.165) is 78.5 Å². The molecule has 2 fully saturated rings. The highest BCUT2D eigenvalue weighted by molar-refractivity contribution is 6.76. The molecule has 1 aromatic heterocycles. The van der Waals surface area contributed by atoms with Crippen molar-refractivity contribution in [1.29, 1.82) is 0 Å². The van der Waals surface area contributed by atoms with Crippen molar-refractivity contribution in [2.24, 2.45) is 0 Å². The maximum absolute atomic E-state index is 12.0. The number of ether oxygens (including phenoxy) is 2. The molecule has 6 rings (SSSR count). The third-order valence-electron chi connectivity index (χ3n) is 8.44. The summed E-state index contributed by atoms with van der Waals surface area (Å²) >= 11 is 17.0. The van der Waals surface area contributed by atoms with Gasteiger partial charge < -0.3 is 24.8 Å². The van der Waals surface area contributed by atoms with Gasteiger partial charge in [0.1, 0.15) is 0 Å². The largest absolute Gasteiger partial charge is 0.392 e. The molecule has 47 heavy (non-hydrogen) atoms. The Morgan fingerprint density at radius 3 is 2.23 bits per heavy atom. The summed E-state index contributed by atoms with van der Waals surface area (Å²) < 4.78 is 11.2. The molecular formula is C35H36Cl3N5O4. The summed E-state index contributed by atoms with van der Waals surface area (Å²) in [7, 11) is 0. The van der Waals surface area contributed by atoms with Gasteiger partial charge in [-0.15, -0.1) is 0 Å². The van der Waals surface area contributed by atoms with Gasteiger partial charge in [0, 0.05) is 63.6 Å². The maximum atomic E-state index is 12.0. The van der Waals surface area contributed by atoms with Crippen molar-refractivity contribution in [3.8, 4) is 11.1 Å². The molecule has 12 heteroatoms. The lowest BCUT2D eigenvalue weighted by Crippen LogP contribution is -2.50. The summed E-state index contributed by atoms with van der Waals surface area (Å²) in [6.45, 7) is 4.50.